The van der Waals surface area contributed by atoms with Crippen LogP contribution in [0, 0.1) is 0 Å². The van der Waals surface area contributed by atoms with Gasteiger partial charge in [-0.25, -0.2) is 9.59 Å². The number of hydrogen-bond acceptors (Lipinski definition) is 5. The van der Waals surface area contributed by atoms with E-state index in [0.29, 0.717) is 24.3 Å². The Balaban J connectivity index is 3.00. The molecule has 0 aliphatic rings. The van der Waals surface area contributed by atoms with E-state index < -0.39 is 11.9 Å². The molecular formula is C16H23NO4. The van der Waals surface area contributed by atoms with Crippen molar-refractivity contribution in [2.24, 2.45) is 0 Å². The lowest BCUT2D eigenvalue weighted by Gasteiger charge is -2.11. The van der Waals surface area contributed by atoms with Gasteiger partial charge in [0, 0.05) is 12.2 Å². The molecule has 5 heteroatoms. The molecule has 0 atom stereocenters. The van der Waals surface area contributed by atoms with Gasteiger partial charge in [-0.2, -0.15) is 0 Å². The molecule has 0 aromatic heterocycles. The first-order chi connectivity index (χ1) is 10.1. The molecule has 1 N–H and O–H groups in total. The summed E-state index contributed by atoms with van der Waals surface area (Å²) in [6.45, 7) is 6.95. The quantitative estimate of drug-likeness (QED) is 0.589. The molecule has 116 valence electrons. The van der Waals surface area contributed by atoms with E-state index in [4.69, 9.17) is 9.47 Å². The molecule has 1 rings (SSSR count). The van der Waals surface area contributed by atoms with Crippen molar-refractivity contribution in [3.05, 3.63) is 29.3 Å². The van der Waals surface area contributed by atoms with Crippen LogP contribution in [-0.4, -0.2) is 31.7 Å². The number of nitrogens with one attached hydrogen (secondary N) is 1. The Bertz CT molecular complexity index is 449. The highest BCUT2D eigenvalue weighted by molar-refractivity contribution is 5.97. The Hall–Kier alpha value is -2.04. The number of carbonyl (C=O) groups is 2. The number of anilines is 1. The zero-order valence-corrected chi connectivity index (χ0v) is 12.9. The maximum Gasteiger partial charge on any atom is 0.338 e. The van der Waals surface area contributed by atoms with E-state index in [2.05, 4.69) is 12.2 Å². The first-order valence-corrected chi connectivity index (χ1v) is 7.35. The predicted molar refractivity (Wildman–Crippen MR) is 81.8 cm³/mol. The van der Waals surface area contributed by atoms with Gasteiger partial charge < -0.3 is 14.8 Å². The second-order valence-electron chi connectivity index (χ2n) is 4.52. The Morgan fingerprint density at radius 2 is 1.48 bits per heavy atom. The van der Waals surface area contributed by atoms with E-state index in [0.717, 1.165) is 25.1 Å². The summed E-state index contributed by atoms with van der Waals surface area (Å²) in [5, 5.41) is 3.20. The molecular weight excluding hydrogens is 270 g/mol. The van der Waals surface area contributed by atoms with Crippen LogP contribution in [0.15, 0.2) is 18.2 Å². The van der Waals surface area contributed by atoms with Gasteiger partial charge in [0.05, 0.1) is 24.3 Å². The third-order valence-corrected chi connectivity index (χ3v) is 2.81. The van der Waals surface area contributed by atoms with E-state index in [1.165, 1.54) is 6.07 Å². The van der Waals surface area contributed by atoms with Crippen LogP contribution < -0.4 is 5.32 Å². The van der Waals surface area contributed by atoms with Crippen molar-refractivity contribution < 1.29 is 19.1 Å². The summed E-state index contributed by atoms with van der Waals surface area (Å²) in [6.07, 6.45) is 2.08. The van der Waals surface area contributed by atoms with Gasteiger partial charge in [0.25, 0.3) is 0 Å². The van der Waals surface area contributed by atoms with Crippen molar-refractivity contribution in [3.63, 3.8) is 0 Å². The highest BCUT2D eigenvalue weighted by Crippen LogP contribution is 2.17. The molecule has 0 heterocycles. The smallest absolute Gasteiger partial charge is 0.338 e. The Morgan fingerprint density at radius 3 is 1.90 bits per heavy atom. The van der Waals surface area contributed by atoms with E-state index in [9.17, 15) is 9.59 Å². The standard InChI is InChI=1S/C16H23NO4/c1-4-7-8-17-14-10-12(15(18)20-5-2)9-13(11-14)16(19)21-6-3/h9-11,17H,4-8H2,1-3H3. The van der Waals surface area contributed by atoms with Gasteiger partial charge in [0.15, 0.2) is 0 Å². The van der Waals surface area contributed by atoms with Crippen LogP contribution in [-0.2, 0) is 9.47 Å². The third kappa shape index (κ3) is 5.45. The Labute approximate surface area is 125 Å². The Kier molecular flexibility index (Phi) is 7.29. The summed E-state index contributed by atoms with van der Waals surface area (Å²) >= 11 is 0. The summed E-state index contributed by atoms with van der Waals surface area (Å²) in [4.78, 5) is 23.7. The minimum absolute atomic E-state index is 0.293. The van der Waals surface area contributed by atoms with Gasteiger partial charge in [-0.3, -0.25) is 0 Å². The number of carbonyl (C=O) groups excluding carboxylic acids is 2. The molecule has 0 saturated carbocycles. The van der Waals surface area contributed by atoms with Gasteiger partial charge in [0.1, 0.15) is 0 Å². The van der Waals surface area contributed by atoms with Gasteiger partial charge in [0.2, 0.25) is 0 Å². The second-order valence-corrected chi connectivity index (χ2v) is 4.52. The van der Waals surface area contributed by atoms with Crippen LogP contribution in [0.1, 0.15) is 54.3 Å². The van der Waals surface area contributed by atoms with Crippen molar-refractivity contribution in [1.82, 2.24) is 0 Å². The largest absolute Gasteiger partial charge is 0.462 e. The normalized spacial score (nSPS) is 10.0. The number of rotatable bonds is 8. The van der Waals surface area contributed by atoms with Crippen LogP contribution in [0.3, 0.4) is 0 Å². The highest BCUT2D eigenvalue weighted by atomic mass is 16.5. The predicted octanol–water partition coefficient (Wildman–Crippen LogP) is 3.25. The van der Waals surface area contributed by atoms with Crippen LogP contribution in [0.4, 0.5) is 5.69 Å². The monoisotopic (exact) mass is 293 g/mol. The minimum Gasteiger partial charge on any atom is -0.462 e. The fourth-order valence-electron chi connectivity index (χ4n) is 1.80. The van der Waals surface area contributed by atoms with Crippen molar-refractivity contribution in [1.29, 1.82) is 0 Å². The maximum atomic E-state index is 11.9. The molecule has 0 amide bonds. The summed E-state index contributed by atoms with van der Waals surface area (Å²) in [5.41, 5.74) is 1.42. The SMILES string of the molecule is CCCCNc1cc(C(=O)OCC)cc(C(=O)OCC)c1. The molecule has 1 aromatic rings. The zero-order chi connectivity index (χ0) is 15.7. The lowest BCUT2D eigenvalue weighted by atomic mass is 10.1. The molecule has 0 radical (unpaired) electrons. The second kappa shape index (κ2) is 9.00. The highest BCUT2D eigenvalue weighted by Gasteiger charge is 2.14. The minimum atomic E-state index is -0.442. The van der Waals surface area contributed by atoms with Crippen molar-refractivity contribution in [2.75, 3.05) is 25.1 Å². The molecule has 0 fully saturated rings. The molecule has 0 aliphatic heterocycles. The maximum absolute atomic E-state index is 11.9. The molecule has 0 saturated heterocycles. The van der Waals surface area contributed by atoms with E-state index >= 15 is 0 Å². The molecule has 1 aromatic carbocycles. The Morgan fingerprint density at radius 1 is 0.952 bits per heavy atom. The van der Waals surface area contributed by atoms with Gasteiger partial charge in [-0.15, -0.1) is 0 Å². The molecule has 21 heavy (non-hydrogen) atoms. The first kappa shape index (κ1) is 17.0. The molecule has 5 nitrogen and oxygen atoms in total. The van der Waals surface area contributed by atoms with Crippen LogP contribution in [0.5, 0.6) is 0 Å². The van der Waals surface area contributed by atoms with Gasteiger partial charge >= 0.3 is 11.9 Å². The number of unbranched alkanes of at least 4 members (excludes halogenated alkanes) is 1. The first-order valence-electron chi connectivity index (χ1n) is 7.35. The summed E-state index contributed by atoms with van der Waals surface area (Å²) < 4.78 is 9.97. The molecule has 0 bridgehead atoms. The van der Waals surface area contributed by atoms with Crippen LogP contribution >= 0.6 is 0 Å². The summed E-state index contributed by atoms with van der Waals surface area (Å²) in [7, 11) is 0. The topological polar surface area (TPSA) is 64.6 Å². The van der Waals surface area contributed by atoms with Crippen molar-refractivity contribution >= 4 is 17.6 Å². The molecule has 0 unspecified atom stereocenters. The summed E-state index contributed by atoms with van der Waals surface area (Å²) in [5.74, 6) is -0.885. The number of hydrogen-bond donors (Lipinski definition) is 1. The van der Waals surface area contributed by atoms with Gasteiger partial charge in [-0.05, 0) is 38.5 Å². The third-order valence-electron chi connectivity index (χ3n) is 2.81. The average Bonchev–Trinajstić information content (AvgIpc) is 2.48. The number of benzene rings is 1. The number of esters is 2. The summed E-state index contributed by atoms with van der Waals surface area (Å²) in [6, 6.07) is 4.88. The molecule has 0 spiro atoms. The van der Waals surface area contributed by atoms with E-state index in [1.807, 2.05) is 0 Å². The van der Waals surface area contributed by atoms with E-state index in [-0.39, 0.29) is 0 Å². The lowest BCUT2D eigenvalue weighted by Crippen LogP contribution is -2.11. The average molecular weight is 293 g/mol. The fourth-order valence-corrected chi connectivity index (χ4v) is 1.80. The number of ether oxygens (including phenoxy) is 2. The molecule has 0 aliphatic carbocycles. The van der Waals surface area contributed by atoms with Gasteiger partial charge in [-0.1, -0.05) is 13.3 Å². The lowest BCUT2D eigenvalue weighted by molar-refractivity contribution is 0.0525. The van der Waals surface area contributed by atoms with Crippen molar-refractivity contribution in [3.8, 4) is 0 Å². The van der Waals surface area contributed by atoms with Crippen LogP contribution in [0.25, 0.3) is 0 Å². The van der Waals surface area contributed by atoms with E-state index in [1.54, 1.807) is 26.0 Å². The van der Waals surface area contributed by atoms with Crippen molar-refractivity contribution in [2.45, 2.75) is 33.6 Å². The van der Waals surface area contributed by atoms with Crippen LogP contribution in [0.2, 0.25) is 0 Å². The zero-order valence-electron chi connectivity index (χ0n) is 12.9. The fraction of sp³-hybridized carbons (Fsp3) is 0.500.